The van der Waals surface area contributed by atoms with Gasteiger partial charge in [-0.05, 0) is 19.1 Å². The molecule has 0 atom stereocenters. The Balaban J connectivity index is 2.01. The van der Waals surface area contributed by atoms with Crippen molar-refractivity contribution in [3.05, 3.63) is 55.6 Å². The number of thiophene rings is 1. The van der Waals surface area contributed by atoms with Gasteiger partial charge in [0.25, 0.3) is 5.91 Å². The Morgan fingerprint density at radius 2 is 2.29 bits per heavy atom. The Morgan fingerprint density at radius 3 is 3.00 bits per heavy atom. The van der Waals surface area contributed by atoms with Crippen molar-refractivity contribution in [1.82, 2.24) is 10.3 Å². The quantitative estimate of drug-likeness (QED) is 0.739. The van der Waals surface area contributed by atoms with E-state index in [1.807, 2.05) is 12.1 Å². The van der Waals surface area contributed by atoms with Gasteiger partial charge in [-0.15, -0.1) is 11.3 Å². The molecule has 0 spiro atoms. The average Bonchev–Trinajstić information content (AvgIpc) is 2.90. The number of carbonyl (C=O) groups is 1. The molecular weight excluding hydrogens is 286 g/mol. The number of aromatic nitrogens is 1. The second kappa shape index (κ2) is 6.88. The van der Waals surface area contributed by atoms with Crippen LogP contribution in [0.25, 0.3) is 0 Å². The average molecular weight is 301 g/mol. The van der Waals surface area contributed by atoms with Crippen molar-refractivity contribution in [2.75, 3.05) is 6.54 Å². The third-order valence-corrected chi connectivity index (χ3v) is 3.70. The molecule has 108 valence electrons. The molecule has 5 nitrogen and oxygen atoms in total. The first-order valence-electron chi connectivity index (χ1n) is 6.35. The predicted molar refractivity (Wildman–Crippen MR) is 83.2 cm³/mol. The Hall–Kier alpha value is -2.36. The van der Waals surface area contributed by atoms with Gasteiger partial charge in [0.2, 0.25) is 0 Å². The van der Waals surface area contributed by atoms with E-state index in [0.29, 0.717) is 13.1 Å². The summed E-state index contributed by atoms with van der Waals surface area (Å²) in [5, 5.41) is 2.72. The Bertz CT molecular complexity index is 765. The number of nitrogens with two attached hydrogens (primary N) is 1. The first kappa shape index (κ1) is 15.0. The van der Waals surface area contributed by atoms with Crippen molar-refractivity contribution >= 4 is 17.2 Å². The van der Waals surface area contributed by atoms with Crippen LogP contribution in [-0.4, -0.2) is 17.4 Å². The molecule has 0 aliphatic rings. The molecule has 4 N–H and O–H groups in total. The third kappa shape index (κ3) is 4.05. The normalized spacial score (nSPS) is 9.81. The summed E-state index contributed by atoms with van der Waals surface area (Å²) in [7, 11) is 0. The number of amides is 1. The van der Waals surface area contributed by atoms with Crippen LogP contribution in [0.1, 0.15) is 25.8 Å². The molecule has 2 aromatic heterocycles. The maximum absolute atomic E-state index is 12.0. The summed E-state index contributed by atoms with van der Waals surface area (Å²) in [6, 6.07) is 5.18. The lowest BCUT2D eigenvalue weighted by Gasteiger charge is -2.03. The van der Waals surface area contributed by atoms with Crippen LogP contribution in [-0.2, 0) is 6.54 Å². The van der Waals surface area contributed by atoms with Crippen LogP contribution in [0, 0.1) is 18.8 Å². The Labute approximate surface area is 126 Å². The molecule has 0 aliphatic carbocycles. The number of aromatic amines is 1. The first-order valence-corrected chi connectivity index (χ1v) is 7.17. The third-order valence-electron chi connectivity index (χ3n) is 2.70. The second-order valence-corrected chi connectivity index (χ2v) is 5.52. The minimum absolute atomic E-state index is 0.111. The summed E-state index contributed by atoms with van der Waals surface area (Å²) < 4.78 is 0. The van der Waals surface area contributed by atoms with Gasteiger partial charge in [0.05, 0.1) is 18.0 Å². The largest absolute Gasteiger partial charge is 0.364 e. The highest BCUT2D eigenvalue weighted by Crippen LogP contribution is 2.15. The highest BCUT2D eigenvalue weighted by Gasteiger charge is 2.10. The molecule has 0 saturated carbocycles. The van der Waals surface area contributed by atoms with E-state index >= 15 is 0 Å². The van der Waals surface area contributed by atoms with Crippen LogP contribution in [0.2, 0.25) is 0 Å². The molecule has 1 amide bonds. The molecule has 2 aromatic rings. The van der Waals surface area contributed by atoms with Crippen LogP contribution in [0.3, 0.4) is 0 Å². The molecule has 0 unspecified atom stereocenters. The van der Waals surface area contributed by atoms with E-state index in [0.717, 1.165) is 15.4 Å². The molecule has 0 fully saturated rings. The predicted octanol–water partition coefficient (Wildman–Crippen LogP) is 0.985. The van der Waals surface area contributed by atoms with E-state index in [1.54, 1.807) is 6.92 Å². The molecule has 2 rings (SSSR count). The van der Waals surface area contributed by atoms with Crippen LogP contribution in [0.5, 0.6) is 0 Å². The van der Waals surface area contributed by atoms with Crippen molar-refractivity contribution in [3.8, 4) is 11.8 Å². The number of hydrogen-bond acceptors (Lipinski definition) is 4. The molecule has 0 aliphatic heterocycles. The van der Waals surface area contributed by atoms with Crippen LogP contribution >= 0.6 is 11.3 Å². The summed E-state index contributed by atoms with van der Waals surface area (Å²) in [5.74, 6) is 5.32. The van der Waals surface area contributed by atoms with Crippen LogP contribution < -0.4 is 16.5 Å². The minimum atomic E-state index is -0.390. The Morgan fingerprint density at radius 1 is 1.48 bits per heavy atom. The summed E-state index contributed by atoms with van der Waals surface area (Å²) >= 11 is 1.49. The Kier molecular flexibility index (Phi) is 4.93. The van der Waals surface area contributed by atoms with E-state index < -0.39 is 0 Å². The van der Waals surface area contributed by atoms with E-state index in [-0.39, 0.29) is 16.9 Å². The topological polar surface area (TPSA) is 88.0 Å². The standard InChI is InChI=1S/C15H15N3O2S/c1-10-7-14(19)13(9-17-10)15(20)18-8-12-5-4-11(21-12)3-2-6-16/h4-5,7,9H,6,8,16H2,1H3,(H,17,19)(H,18,20). The smallest absolute Gasteiger partial charge is 0.257 e. The highest BCUT2D eigenvalue weighted by molar-refractivity contribution is 7.12. The number of H-pyrrole nitrogens is 1. The van der Waals surface area contributed by atoms with Gasteiger partial charge in [-0.25, -0.2) is 0 Å². The summed E-state index contributed by atoms with van der Waals surface area (Å²) in [6.45, 7) is 2.44. The maximum Gasteiger partial charge on any atom is 0.257 e. The van der Waals surface area contributed by atoms with Crippen molar-refractivity contribution in [3.63, 3.8) is 0 Å². The van der Waals surface area contributed by atoms with Crippen molar-refractivity contribution in [2.45, 2.75) is 13.5 Å². The van der Waals surface area contributed by atoms with Gasteiger partial charge in [0.1, 0.15) is 5.56 Å². The SMILES string of the molecule is Cc1cc(=O)c(C(=O)NCc2ccc(C#CCN)s2)c[nH]1. The van der Waals surface area contributed by atoms with Gasteiger partial charge in [-0.1, -0.05) is 11.8 Å². The van der Waals surface area contributed by atoms with Crippen LogP contribution in [0.4, 0.5) is 0 Å². The number of pyridine rings is 1. The fourth-order valence-electron chi connectivity index (χ4n) is 1.69. The maximum atomic E-state index is 12.0. The number of hydrogen-bond donors (Lipinski definition) is 3. The molecular formula is C15H15N3O2S. The lowest BCUT2D eigenvalue weighted by atomic mass is 10.2. The molecule has 2 heterocycles. The van der Waals surface area contributed by atoms with E-state index in [1.165, 1.54) is 23.6 Å². The lowest BCUT2D eigenvalue weighted by molar-refractivity contribution is 0.0950. The first-order chi connectivity index (χ1) is 10.1. The minimum Gasteiger partial charge on any atom is -0.364 e. The van der Waals surface area contributed by atoms with Gasteiger partial charge in [0, 0.05) is 22.8 Å². The van der Waals surface area contributed by atoms with Gasteiger partial charge in [-0.2, -0.15) is 0 Å². The van der Waals surface area contributed by atoms with Crippen LogP contribution in [0.15, 0.2) is 29.2 Å². The van der Waals surface area contributed by atoms with Gasteiger partial charge < -0.3 is 16.0 Å². The summed E-state index contributed by atoms with van der Waals surface area (Å²) in [5.41, 5.74) is 5.86. The number of aryl methyl sites for hydroxylation is 1. The number of carbonyl (C=O) groups excluding carboxylic acids is 1. The lowest BCUT2D eigenvalue weighted by Crippen LogP contribution is -2.28. The van der Waals surface area contributed by atoms with E-state index in [2.05, 4.69) is 22.1 Å². The van der Waals surface area contributed by atoms with Gasteiger partial charge in [-0.3, -0.25) is 9.59 Å². The number of nitrogens with one attached hydrogen (secondary N) is 2. The molecule has 0 radical (unpaired) electrons. The zero-order chi connectivity index (χ0) is 15.2. The van der Waals surface area contributed by atoms with Gasteiger partial charge in [0.15, 0.2) is 5.43 Å². The molecule has 0 bridgehead atoms. The molecule has 21 heavy (non-hydrogen) atoms. The summed E-state index contributed by atoms with van der Waals surface area (Å²) in [6.07, 6.45) is 1.43. The van der Waals surface area contributed by atoms with Gasteiger partial charge >= 0.3 is 0 Å². The molecule has 0 saturated heterocycles. The monoisotopic (exact) mass is 301 g/mol. The zero-order valence-corrected chi connectivity index (χ0v) is 12.3. The fourth-order valence-corrected chi connectivity index (χ4v) is 2.51. The van der Waals surface area contributed by atoms with Crippen molar-refractivity contribution in [2.24, 2.45) is 5.73 Å². The van der Waals surface area contributed by atoms with E-state index in [9.17, 15) is 9.59 Å². The molecule has 6 heteroatoms. The highest BCUT2D eigenvalue weighted by atomic mass is 32.1. The van der Waals surface area contributed by atoms with Crippen molar-refractivity contribution < 1.29 is 4.79 Å². The molecule has 0 aromatic carbocycles. The number of rotatable bonds is 3. The van der Waals surface area contributed by atoms with Crippen molar-refractivity contribution in [1.29, 1.82) is 0 Å². The fraction of sp³-hybridized carbons (Fsp3) is 0.200. The summed E-state index contributed by atoms with van der Waals surface area (Å²) in [4.78, 5) is 28.4. The van der Waals surface area contributed by atoms with E-state index in [4.69, 9.17) is 5.73 Å². The second-order valence-electron chi connectivity index (χ2n) is 4.35. The zero-order valence-electron chi connectivity index (χ0n) is 11.5.